The van der Waals surface area contributed by atoms with Crippen molar-refractivity contribution in [2.24, 2.45) is 5.92 Å². The third kappa shape index (κ3) is 5.83. The van der Waals surface area contributed by atoms with E-state index in [1.165, 1.54) is 24.9 Å². The first-order valence-electron chi connectivity index (χ1n) is 13.3. The van der Waals surface area contributed by atoms with Crippen LogP contribution >= 0.6 is 0 Å². The molecule has 3 heterocycles. The summed E-state index contributed by atoms with van der Waals surface area (Å²) in [7, 11) is 1.68. The lowest BCUT2D eigenvalue weighted by Gasteiger charge is -2.37. The van der Waals surface area contributed by atoms with Crippen molar-refractivity contribution in [1.29, 1.82) is 0 Å². The second-order valence-electron chi connectivity index (χ2n) is 10.2. The van der Waals surface area contributed by atoms with Crippen molar-refractivity contribution in [2.75, 3.05) is 69.3 Å². The predicted molar refractivity (Wildman–Crippen MR) is 141 cm³/mol. The van der Waals surface area contributed by atoms with E-state index in [1.807, 2.05) is 17.0 Å². The number of aromatic nitrogens is 2. The van der Waals surface area contributed by atoms with Crippen LogP contribution in [0, 0.1) is 5.92 Å². The second-order valence-corrected chi connectivity index (χ2v) is 10.2. The first kappa shape index (κ1) is 24.6. The van der Waals surface area contributed by atoms with Crippen LogP contribution in [0.3, 0.4) is 0 Å². The van der Waals surface area contributed by atoms with Gasteiger partial charge in [-0.15, -0.1) is 0 Å². The van der Waals surface area contributed by atoms with Crippen LogP contribution in [0.5, 0.6) is 5.75 Å². The number of hydrogen-bond acceptors (Lipinski definition) is 7. The van der Waals surface area contributed by atoms with E-state index in [4.69, 9.17) is 9.72 Å². The van der Waals surface area contributed by atoms with Crippen molar-refractivity contribution in [1.82, 2.24) is 19.8 Å². The molecule has 1 saturated carbocycles. The van der Waals surface area contributed by atoms with Gasteiger partial charge in [0.2, 0.25) is 11.9 Å². The highest BCUT2D eigenvalue weighted by molar-refractivity contribution is 5.79. The van der Waals surface area contributed by atoms with Crippen LogP contribution in [0.4, 0.5) is 11.6 Å². The number of nitrogens with one attached hydrogen (secondary N) is 1. The first-order chi connectivity index (χ1) is 17.6. The molecule has 9 heteroatoms. The Morgan fingerprint density at radius 2 is 1.61 bits per heavy atom. The predicted octanol–water partition coefficient (Wildman–Crippen LogP) is 2.33. The largest absolute Gasteiger partial charge is 0.497 e. The second kappa shape index (κ2) is 11.3. The minimum atomic E-state index is -0.118. The van der Waals surface area contributed by atoms with Crippen molar-refractivity contribution < 1.29 is 9.53 Å². The van der Waals surface area contributed by atoms with Gasteiger partial charge < -0.3 is 19.4 Å². The van der Waals surface area contributed by atoms with E-state index < -0.39 is 0 Å². The highest BCUT2D eigenvalue weighted by Crippen LogP contribution is 2.26. The Hall–Kier alpha value is -3.07. The number of methoxy groups -OCH3 is 1. The number of hydrogen-bond donors (Lipinski definition) is 1. The van der Waals surface area contributed by atoms with Crippen LogP contribution in [0.1, 0.15) is 37.8 Å². The topological polar surface area (TPSA) is 85.0 Å². The van der Waals surface area contributed by atoms with E-state index in [9.17, 15) is 9.59 Å². The number of anilines is 2. The van der Waals surface area contributed by atoms with Gasteiger partial charge in [0.1, 0.15) is 5.75 Å². The average Bonchev–Trinajstić information content (AvgIpc) is 2.93. The molecule has 1 aliphatic carbocycles. The number of carbonyl (C=O) groups is 1. The van der Waals surface area contributed by atoms with Crippen molar-refractivity contribution in [2.45, 2.75) is 38.6 Å². The molecule has 1 amide bonds. The van der Waals surface area contributed by atoms with Gasteiger partial charge in [0.05, 0.1) is 12.8 Å². The number of carbonyl (C=O) groups excluding carboxylic acids is 1. The van der Waals surface area contributed by atoms with Gasteiger partial charge in [0.15, 0.2) is 0 Å². The Morgan fingerprint density at radius 1 is 0.944 bits per heavy atom. The Labute approximate surface area is 213 Å². The molecule has 5 rings (SSSR count). The van der Waals surface area contributed by atoms with Crippen LogP contribution in [-0.2, 0) is 11.3 Å². The van der Waals surface area contributed by atoms with E-state index >= 15 is 0 Å². The van der Waals surface area contributed by atoms with E-state index in [2.05, 4.69) is 31.8 Å². The smallest absolute Gasteiger partial charge is 0.252 e. The number of rotatable bonds is 6. The summed E-state index contributed by atoms with van der Waals surface area (Å²) in [6, 6.07) is 9.80. The molecular formula is C27H38N6O3. The third-order valence-corrected chi connectivity index (χ3v) is 7.82. The highest BCUT2D eigenvalue weighted by atomic mass is 16.5. The molecular weight excluding hydrogens is 456 g/mol. The van der Waals surface area contributed by atoms with Gasteiger partial charge in [-0.2, -0.15) is 0 Å². The van der Waals surface area contributed by atoms with Gasteiger partial charge in [0.25, 0.3) is 5.56 Å². The number of benzene rings is 1. The van der Waals surface area contributed by atoms with Crippen molar-refractivity contribution in [3.63, 3.8) is 0 Å². The third-order valence-electron chi connectivity index (χ3n) is 7.82. The maximum Gasteiger partial charge on any atom is 0.252 e. The lowest BCUT2D eigenvalue weighted by atomic mass is 9.88. The number of H-pyrrole nitrogens is 1. The van der Waals surface area contributed by atoms with Crippen LogP contribution < -0.4 is 20.1 Å². The quantitative estimate of drug-likeness (QED) is 0.660. The van der Waals surface area contributed by atoms with Gasteiger partial charge in [-0.05, 0) is 37.1 Å². The van der Waals surface area contributed by atoms with Gasteiger partial charge >= 0.3 is 0 Å². The lowest BCUT2D eigenvalue weighted by Crippen LogP contribution is -2.51. The summed E-state index contributed by atoms with van der Waals surface area (Å²) < 4.78 is 5.26. The fourth-order valence-corrected chi connectivity index (χ4v) is 5.66. The summed E-state index contributed by atoms with van der Waals surface area (Å²) >= 11 is 0. The summed E-state index contributed by atoms with van der Waals surface area (Å²) in [4.78, 5) is 41.9. The Morgan fingerprint density at radius 3 is 2.28 bits per heavy atom. The van der Waals surface area contributed by atoms with Gasteiger partial charge in [-0.1, -0.05) is 19.3 Å². The molecule has 0 unspecified atom stereocenters. The number of nitrogens with zero attached hydrogens (tertiary/aromatic N) is 5. The summed E-state index contributed by atoms with van der Waals surface area (Å²) in [5.74, 6) is 2.01. The number of aromatic amines is 1. The van der Waals surface area contributed by atoms with Crippen molar-refractivity contribution >= 4 is 17.5 Å². The zero-order valence-electron chi connectivity index (χ0n) is 21.3. The molecule has 0 spiro atoms. The highest BCUT2D eigenvalue weighted by Gasteiger charge is 2.29. The summed E-state index contributed by atoms with van der Waals surface area (Å²) in [5.41, 5.74) is 1.88. The van der Waals surface area contributed by atoms with E-state index in [-0.39, 0.29) is 11.5 Å². The van der Waals surface area contributed by atoms with Crippen LogP contribution in [-0.4, -0.2) is 85.1 Å². The van der Waals surface area contributed by atoms with Gasteiger partial charge in [-0.25, -0.2) is 4.98 Å². The first-order valence-corrected chi connectivity index (χ1v) is 13.3. The van der Waals surface area contributed by atoms with E-state index in [0.29, 0.717) is 44.6 Å². The maximum atomic E-state index is 12.9. The molecule has 194 valence electrons. The fourth-order valence-electron chi connectivity index (χ4n) is 5.66. The lowest BCUT2D eigenvalue weighted by molar-refractivity contribution is -0.136. The molecule has 0 radical (unpaired) electrons. The molecule has 1 aromatic heterocycles. The molecule has 0 atom stereocenters. The van der Waals surface area contributed by atoms with Crippen LogP contribution in [0.2, 0.25) is 0 Å². The standard InChI is InChI=1S/C27H38N6O3/c1-36-24-9-7-23(8-10-24)31-13-11-30(12-14-31)20-22-19-25(34)29-27(28-22)33-17-15-32(16-18-33)26(35)21-5-3-2-4-6-21/h7-10,19,21H,2-6,11-18,20H2,1H3,(H,28,29,34). The summed E-state index contributed by atoms with van der Waals surface area (Å²) in [6.07, 6.45) is 5.66. The molecule has 2 aliphatic heterocycles. The molecule has 2 aromatic rings. The SMILES string of the molecule is COc1ccc(N2CCN(Cc3cc(=O)[nH]c(N4CCN(C(=O)C5CCCCC5)CC4)n3)CC2)cc1. The van der Waals surface area contributed by atoms with E-state index in [0.717, 1.165) is 50.5 Å². The fraction of sp³-hybridized carbons (Fsp3) is 0.593. The van der Waals surface area contributed by atoms with Crippen LogP contribution in [0.25, 0.3) is 0 Å². The van der Waals surface area contributed by atoms with E-state index in [1.54, 1.807) is 13.2 Å². The minimum absolute atomic E-state index is 0.118. The summed E-state index contributed by atoms with van der Waals surface area (Å²) in [6.45, 7) is 7.13. The molecule has 36 heavy (non-hydrogen) atoms. The average molecular weight is 495 g/mol. The molecule has 3 fully saturated rings. The van der Waals surface area contributed by atoms with Gasteiger partial charge in [0, 0.05) is 76.6 Å². The number of piperazine rings is 2. The zero-order valence-corrected chi connectivity index (χ0v) is 21.3. The Kier molecular flexibility index (Phi) is 7.75. The molecule has 9 nitrogen and oxygen atoms in total. The number of amides is 1. The molecule has 1 N–H and O–H groups in total. The molecule has 2 saturated heterocycles. The van der Waals surface area contributed by atoms with Crippen molar-refractivity contribution in [3.8, 4) is 5.75 Å². The van der Waals surface area contributed by atoms with Gasteiger partial charge in [-0.3, -0.25) is 19.5 Å². The Bertz CT molecular complexity index is 1070. The normalized spacial score (nSPS) is 20.0. The van der Waals surface area contributed by atoms with Crippen molar-refractivity contribution in [3.05, 3.63) is 46.4 Å². The molecule has 3 aliphatic rings. The monoisotopic (exact) mass is 494 g/mol. The molecule has 0 bridgehead atoms. The maximum absolute atomic E-state index is 12.9. The Balaban J connectivity index is 1.14. The minimum Gasteiger partial charge on any atom is -0.497 e. The number of ether oxygens (including phenoxy) is 1. The van der Waals surface area contributed by atoms with Crippen LogP contribution in [0.15, 0.2) is 35.1 Å². The molecule has 1 aromatic carbocycles. The summed E-state index contributed by atoms with van der Waals surface area (Å²) in [5, 5.41) is 0. The zero-order chi connectivity index (χ0) is 24.9.